The third-order valence-electron chi connectivity index (χ3n) is 4.00. The minimum Gasteiger partial charge on any atom is -0.317 e. The van der Waals surface area contributed by atoms with E-state index in [1.807, 2.05) is 0 Å². The van der Waals surface area contributed by atoms with Crippen molar-refractivity contribution in [2.75, 3.05) is 7.05 Å². The van der Waals surface area contributed by atoms with Crippen molar-refractivity contribution in [3.63, 3.8) is 0 Å². The average molecular weight is 167 g/mol. The first-order valence-electron chi connectivity index (χ1n) is 5.55. The smallest absolute Gasteiger partial charge is 0.00952 e. The Bertz CT molecular complexity index is 139. The van der Waals surface area contributed by atoms with Crippen molar-refractivity contribution in [3.05, 3.63) is 0 Å². The largest absolute Gasteiger partial charge is 0.317 e. The molecule has 0 aromatic carbocycles. The summed E-state index contributed by atoms with van der Waals surface area (Å²) in [5.74, 6) is 3.26. The second kappa shape index (κ2) is 3.37. The minimum atomic E-state index is 0.818. The van der Waals surface area contributed by atoms with E-state index in [0.717, 1.165) is 23.8 Å². The first-order chi connectivity index (χ1) is 5.88. The molecule has 2 rings (SSSR count). The number of nitrogens with one attached hydrogen (secondary N) is 1. The van der Waals surface area contributed by atoms with Crippen molar-refractivity contribution in [1.82, 2.24) is 5.32 Å². The fraction of sp³-hybridized carbons (Fsp3) is 1.00. The van der Waals surface area contributed by atoms with Crippen molar-refractivity contribution in [3.8, 4) is 0 Å². The summed E-state index contributed by atoms with van der Waals surface area (Å²) in [7, 11) is 2.12. The molecular formula is C11H21N. The normalized spacial score (nSPS) is 42.0. The fourth-order valence-electron chi connectivity index (χ4n) is 3.31. The van der Waals surface area contributed by atoms with Crippen LogP contribution in [0.4, 0.5) is 0 Å². The minimum absolute atomic E-state index is 0.818. The highest BCUT2D eigenvalue weighted by Crippen LogP contribution is 2.57. The molecule has 0 saturated heterocycles. The van der Waals surface area contributed by atoms with Crippen LogP contribution in [0, 0.1) is 17.8 Å². The summed E-state index contributed by atoms with van der Waals surface area (Å²) in [6.45, 7) is 2.31. The van der Waals surface area contributed by atoms with Crippen LogP contribution in [0.2, 0.25) is 0 Å². The Morgan fingerprint density at radius 1 is 1.25 bits per heavy atom. The molecule has 1 nitrogen and oxygen atoms in total. The van der Waals surface area contributed by atoms with E-state index in [9.17, 15) is 0 Å². The van der Waals surface area contributed by atoms with Crippen LogP contribution >= 0.6 is 0 Å². The SMILES string of the molecule is CCC(NC)C1C2CCCCC21. The quantitative estimate of drug-likeness (QED) is 0.680. The standard InChI is InChI=1S/C11H21N/c1-3-10(12-2)11-8-6-4-5-7-9(8)11/h8-12H,3-7H2,1-2H3. The van der Waals surface area contributed by atoms with Crippen molar-refractivity contribution >= 4 is 0 Å². The van der Waals surface area contributed by atoms with Gasteiger partial charge in [0.05, 0.1) is 0 Å². The van der Waals surface area contributed by atoms with Gasteiger partial charge < -0.3 is 5.32 Å². The molecule has 2 saturated carbocycles. The van der Waals surface area contributed by atoms with Gasteiger partial charge in [-0.25, -0.2) is 0 Å². The van der Waals surface area contributed by atoms with Gasteiger partial charge in [-0.3, -0.25) is 0 Å². The Morgan fingerprint density at radius 2 is 1.83 bits per heavy atom. The highest BCUT2D eigenvalue weighted by atomic mass is 14.9. The summed E-state index contributed by atoms with van der Waals surface area (Å²) in [6, 6.07) is 0.818. The monoisotopic (exact) mass is 167 g/mol. The summed E-state index contributed by atoms with van der Waals surface area (Å²) in [5, 5.41) is 3.47. The van der Waals surface area contributed by atoms with Crippen molar-refractivity contribution < 1.29 is 0 Å². The van der Waals surface area contributed by atoms with Crippen LogP contribution in [0.15, 0.2) is 0 Å². The van der Waals surface area contributed by atoms with Gasteiger partial charge in [0.1, 0.15) is 0 Å². The van der Waals surface area contributed by atoms with E-state index in [1.165, 1.54) is 32.1 Å². The Balaban J connectivity index is 1.90. The highest BCUT2D eigenvalue weighted by molar-refractivity contribution is 5.03. The molecule has 3 atom stereocenters. The van der Waals surface area contributed by atoms with E-state index >= 15 is 0 Å². The molecule has 12 heavy (non-hydrogen) atoms. The van der Waals surface area contributed by atoms with Crippen LogP contribution in [0.5, 0.6) is 0 Å². The molecule has 70 valence electrons. The zero-order valence-electron chi connectivity index (χ0n) is 8.34. The molecule has 0 bridgehead atoms. The van der Waals surface area contributed by atoms with Gasteiger partial charge in [-0.05, 0) is 44.1 Å². The molecule has 0 aliphatic heterocycles. The Labute approximate surface area is 75.9 Å². The molecule has 1 N–H and O–H groups in total. The molecule has 0 spiro atoms. The number of hydrogen-bond acceptors (Lipinski definition) is 1. The third kappa shape index (κ3) is 1.28. The summed E-state index contributed by atoms with van der Waals surface area (Å²) in [5.41, 5.74) is 0. The molecule has 0 heterocycles. The van der Waals surface area contributed by atoms with Gasteiger partial charge in [0, 0.05) is 6.04 Å². The maximum Gasteiger partial charge on any atom is 0.00952 e. The Hall–Kier alpha value is -0.0400. The molecule has 0 aromatic rings. The van der Waals surface area contributed by atoms with Gasteiger partial charge in [-0.1, -0.05) is 19.8 Å². The van der Waals surface area contributed by atoms with Crippen LogP contribution in [0.3, 0.4) is 0 Å². The lowest BCUT2D eigenvalue weighted by atomic mass is 10.0. The number of hydrogen-bond donors (Lipinski definition) is 1. The molecule has 2 aliphatic rings. The average Bonchev–Trinajstić information content (AvgIpc) is 2.83. The van der Waals surface area contributed by atoms with Gasteiger partial charge >= 0.3 is 0 Å². The van der Waals surface area contributed by atoms with E-state index < -0.39 is 0 Å². The Kier molecular flexibility index (Phi) is 2.40. The molecule has 3 unspecified atom stereocenters. The van der Waals surface area contributed by atoms with E-state index in [4.69, 9.17) is 0 Å². The van der Waals surface area contributed by atoms with Gasteiger partial charge in [0.2, 0.25) is 0 Å². The first kappa shape index (κ1) is 8.55. The number of rotatable bonds is 3. The van der Waals surface area contributed by atoms with E-state index in [1.54, 1.807) is 0 Å². The van der Waals surface area contributed by atoms with Gasteiger partial charge in [0.25, 0.3) is 0 Å². The lowest BCUT2D eigenvalue weighted by Gasteiger charge is -2.12. The second-order valence-electron chi connectivity index (χ2n) is 4.49. The zero-order valence-corrected chi connectivity index (χ0v) is 8.34. The van der Waals surface area contributed by atoms with E-state index in [2.05, 4.69) is 19.3 Å². The molecule has 0 aromatic heterocycles. The Morgan fingerprint density at radius 3 is 2.25 bits per heavy atom. The fourth-order valence-corrected chi connectivity index (χ4v) is 3.31. The molecule has 2 aliphatic carbocycles. The van der Waals surface area contributed by atoms with Crippen LogP contribution < -0.4 is 5.32 Å². The predicted molar refractivity (Wildman–Crippen MR) is 52.1 cm³/mol. The second-order valence-corrected chi connectivity index (χ2v) is 4.49. The van der Waals surface area contributed by atoms with Crippen LogP contribution in [-0.4, -0.2) is 13.1 Å². The third-order valence-corrected chi connectivity index (χ3v) is 4.00. The van der Waals surface area contributed by atoms with Crippen molar-refractivity contribution in [2.24, 2.45) is 17.8 Å². The van der Waals surface area contributed by atoms with Gasteiger partial charge in [0.15, 0.2) is 0 Å². The predicted octanol–water partition coefficient (Wildman–Crippen LogP) is 2.42. The summed E-state index contributed by atoms with van der Waals surface area (Å²) in [6.07, 6.45) is 7.35. The molecule has 2 fully saturated rings. The summed E-state index contributed by atoms with van der Waals surface area (Å²) in [4.78, 5) is 0. The van der Waals surface area contributed by atoms with E-state index in [-0.39, 0.29) is 0 Å². The van der Waals surface area contributed by atoms with Crippen molar-refractivity contribution in [1.29, 1.82) is 0 Å². The van der Waals surface area contributed by atoms with E-state index in [0.29, 0.717) is 0 Å². The summed E-state index contributed by atoms with van der Waals surface area (Å²) < 4.78 is 0. The van der Waals surface area contributed by atoms with Gasteiger partial charge in [-0.2, -0.15) is 0 Å². The maximum atomic E-state index is 3.47. The van der Waals surface area contributed by atoms with Gasteiger partial charge in [-0.15, -0.1) is 0 Å². The lowest BCUT2D eigenvalue weighted by Crippen LogP contribution is -2.27. The molecular weight excluding hydrogens is 146 g/mol. The van der Waals surface area contributed by atoms with Crippen molar-refractivity contribution in [2.45, 2.75) is 45.1 Å². The maximum absolute atomic E-state index is 3.47. The van der Waals surface area contributed by atoms with Crippen LogP contribution in [0.1, 0.15) is 39.0 Å². The topological polar surface area (TPSA) is 12.0 Å². The number of fused-ring (bicyclic) bond motifs is 1. The summed E-state index contributed by atoms with van der Waals surface area (Å²) >= 11 is 0. The molecule has 1 heteroatoms. The molecule has 0 amide bonds. The highest BCUT2D eigenvalue weighted by Gasteiger charge is 2.52. The lowest BCUT2D eigenvalue weighted by molar-refractivity contribution is 0.450. The zero-order chi connectivity index (χ0) is 8.55. The first-order valence-corrected chi connectivity index (χ1v) is 5.55. The van der Waals surface area contributed by atoms with Crippen LogP contribution in [-0.2, 0) is 0 Å². The van der Waals surface area contributed by atoms with Crippen LogP contribution in [0.25, 0.3) is 0 Å². The molecule has 0 radical (unpaired) electrons.